The second kappa shape index (κ2) is 6.92. The lowest BCUT2D eigenvalue weighted by molar-refractivity contribution is 0.594. The standard InChI is InChI=1S/C19H22N4O2S/c1-13(2)23-14(3)5-10-18(23)17-11-12-20-19(22-17)21-15-6-8-16(9-7-15)26(4,24)25/h5-13H,1-4H3,(H,20,21,22). The number of sulfone groups is 1. The summed E-state index contributed by atoms with van der Waals surface area (Å²) in [6, 6.07) is 12.9. The van der Waals surface area contributed by atoms with Gasteiger partial charge < -0.3 is 9.88 Å². The highest BCUT2D eigenvalue weighted by Gasteiger charge is 2.12. The van der Waals surface area contributed by atoms with Gasteiger partial charge in [-0.1, -0.05) is 0 Å². The molecule has 0 aliphatic carbocycles. The molecule has 2 aromatic heterocycles. The van der Waals surface area contributed by atoms with Gasteiger partial charge in [-0.15, -0.1) is 0 Å². The van der Waals surface area contributed by atoms with Crippen LogP contribution in [0, 0.1) is 6.92 Å². The van der Waals surface area contributed by atoms with E-state index < -0.39 is 9.84 Å². The molecule has 3 aromatic rings. The highest BCUT2D eigenvalue weighted by Crippen LogP contribution is 2.25. The molecule has 0 spiro atoms. The molecule has 0 aliphatic heterocycles. The Labute approximate surface area is 153 Å². The van der Waals surface area contributed by atoms with Gasteiger partial charge in [-0.25, -0.2) is 18.4 Å². The Bertz CT molecular complexity index is 1020. The summed E-state index contributed by atoms with van der Waals surface area (Å²) in [7, 11) is -3.21. The second-order valence-electron chi connectivity index (χ2n) is 6.51. The van der Waals surface area contributed by atoms with Crippen LogP contribution in [0.4, 0.5) is 11.6 Å². The average molecular weight is 370 g/mol. The molecule has 2 heterocycles. The summed E-state index contributed by atoms with van der Waals surface area (Å²) in [5, 5.41) is 3.12. The van der Waals surface area contributed by atoms with Gasteiger partial charge in [0.1, 0.15) is 0 Å². The van der Waals surface area contributed by atoms with Gasteiger partial charge in [0.2, 0.25) is 5.95 Å². The number of benzene rings is 1. The van der Waals surface area contributed by atoms with E-state index in [9.17, 15) is 8.42 Å². The SMILES string of the molecule is Cc1ccc(-c2ccnc(Nc3ccc(S(C)(=O)=O)cc3)n2)n1C(C)C. The van der Waals surface area contributed by atoms with E-state index in [2.05, 4.69) is 52.8 Å². The van der Waals surface area contributed by atoms with Gasteiger partial charge in [0, 0.05) is 29.9 Å². The molecule has 0 atom stereocenters. The van der Waals surface area contributed by atoms with Crippen molar-refractivity contribution in [2.75, 3.05) is 11.6 Å². The molecule has 3 rings (SSSR count). The van der Waals surface area contributed by atoms with Crippen LogP contribution in [0.5, 0.6) is 0 Å². The number of aryl methyl sites for hydroxylation is 1. The monoisotopic (exact) mass is 370 g/mol. The number of aromatic nitrogens is 3. The molecule has 1 aromatic carbocycles. The Balaban J connectivity index is 1.89. The van der Waals surface area contributed by atoms with E-state index in [1.54, 1.807) is 30.5 Å². The molecule has 6 nitrogen and oxygen atoms in total. The maximum atomic E-state index is 11.5. The van der Waals surface area contributed by atoms with Crippen LogP contribution in [0.2, 0.25) is 0 Å². The van der Waals surface area contributed by atoms with Crippen LogP contribution < -0.4 is 5.32 Å². The summed E-state index contributed by atoms with van der Waals surface area (Å²) in [4.78, 5) is 9.15. The van der Waals surface area contributed by atoms with E-state index in [0.717, 1.165) is 17.1 Å². The second-order valence-corrected chi connectivity index (χ2v) is 8.53. The average Bonchev–Trinajstić information content (AvgIpc) is 2.97. The maximum Gasteiger partial charge on any atom is 0.227 e. The van der Waals surface area contributed by atoms with Crippen LogP contribution in [0.3, 0.4) is 0 Å². The molecule has 0 aliphatic rings. The van der Waals surface area contributed by atoms with Crippen LogP contribution in [-0.4, -0.2) is 29.2 Å². The molecule has 0 saturated carbocycles. The summed E-state index contributed by atoms with van der Waals surface area (Å²) in [6.45, 7) is 6.35. The van der Waals surface area contributed by atoms with Gasteiger partial charge in [0.15, 0.2) is 9.84 Å². The van der Waals surface area contributed by atoms with Crippen molar-refractivity contribution in [1.82, 2.24) is 14.5 Å². The van der Waals surface area contributed by atoms with E-state index in [0.29, 0.717) is 12.0 Å². The number of nitrogens with zero attached hydrogens (tertiary/aromatic N) is 3. The van der Waals surface area contributed by atoms with Gasteiger partial charge in [-0.05, 0) is 63.2 Å². The van der Waals surface area contributed by atoms with Crippen molar-refractivity contribution in [2.45, 2.75) is 31.7 Å². The van der Waals surface area contributed by atoms with Crippen molar-refractivity contribution in [3.8, 4) is 11.4 Å². The minimum atomic E-state index is -3.21. The van der Waals surface area contributed by atoms with Gasteiger partial charge >= 0.3 is 0 Å². The molecule has 0 bridgehead atoms. The molecule has 26 heavy (non-hydrogen) atoms. The van der Waals surface area contributed by atoms with Crippen LogP contribution in [0.25, 0.3) is 11.4 Å². The largest absolute Gasteiger partial charge is 0.341 e. The summed E-state index contributed by atoms with van der Waals surface area (Å²) >= 11 is 0. The van der Waals surface area contributed by atoms with E-state index in [-0.39, 0.29) is 4.90 Å². The molecule has 0 unspecified atom stereocenters. The Morgan fingerprint density at radius 2 is 1.73 bits per heavy atom. The molecule has 136 valence electrons. The zero-order valence-corrected chi connectivity index (χ0v) is 16.1. The van der Waals surface area contributed by atoms with Crippen molar-refractivity contribution in [1.29, 1.82) is 0 Å². The van der Waals surface area contributed by atoms with Gasteiger partial charge in [-0.2, -0.15) is 0 Å². The number of anilines is 2. The van der Waals surface area contributed by atoms with Gasteiger partial charge in [0.25, 0.3) is 0 Å². The van der Waals surface area contributed by atoms with Crippen LogP contribution in [0.1, 0.15) is 25.6 Å². The number of rotatable bonds is 5. The Kier molecular flexibility index (Phi) is 4.82. The Morgan fingerprint density at radius 3 is 2.35 bits per heavy atom. The maximum absolute atomic E-state index is 11.5. The van der Waals surface area contributed by atoms with E-state index in [1.807, 2.05) is 6.07 Å². The number of hydrogen-bond donors (Lipinski definition) is 1. The van der Waals surface area contributed by atoms with Crippen LogP contribution in [0.15, 0.2) is 53.6 Å². The first-order valence-electron chi connectivity index (χ1n) is 8.34. The Hall–Kier alpha value is -2.67. The fourth-order valence-electron chi connectivity index (χ4n) is 2.92. The van der Waals surface area contributed by atoms with Crippen LogP contribution >= 0.6 is 0 Å². The van der Waals surface area contributed by atoms with E-state index >= 15 is 0 Å². The molecule has 0 radical (unpaired) electrons. The highest BCUT2D eigenvalue weighted by molar-refractivity contribution is 7.90. The first kappa shape index (κ1) is 18.1. The molecule has 0 fully saturated rings. The van der Waals surface area contributed by atoms with Gasteiger partial charge in [-0.3, -0.25) is 0 Å². The lowest BCUT2D eigenvalue weighted by atomic mass is 10.2. The smallest absolute Gasteiger partial charge is 0.227 e. The molecule has 0 amide bonds. The van der Waals surface area contributed by atoms with E-state index in [4.69, 9.17) is 0 Å². The summed E-state index contributed by atoms with van der Waals surface area (Å²) in [6.07, 6.45) is 2.90. The third-order valence-electron chi connectivity index (χ3n) is 4.09. The number of hydrogen-bond acceptors (Lipinski definition) is 5. The van der Waals surface area contributed by atoms with Crippen molar-refractivity contribution in [3.63, 3.8) is 0 Å². The molecular formula is C19H22N4O2S. The first-order valence-corrected chi connectivity index (χ1v) is 10.2. The topological polar surface area (TPSA) is 76.9 Å². The quantitative estimate of drug-likeness (QED) is 0.735. The predicted octanol–water partition coefficient (Wildman–Crippen LogP) is 3.98. The molecule has 7 heteroatoms. The van der Waals surface area contributed by atoms with Crippen molar-refractivity contribution in [2.24, 2.45) is 0 Å². The molecular weight excluding hydrogens is 348 g/mol. The minimum Gasteiger partial charge on any atom is -0.341 e. The zero-order chi connectivity index (χ0) is 18.9. The molecule has 0 saturated heterocycles. The zero-order valence-electron chi connectivity index (χ0n) is 15.3. The van der Waals surface area contributed by atoms with Crippen molar-refractivity contribution in [3.05, 3.63) is 54.4 Å². The number of nitrogens with one attached hydrogen (secondary N) is 1. The lowest BCUT2D eigenvalue weighted by Crippen LogP contribution is -2.06. The predicted molar refractivity (Wildman–Crippen MR) is 103 cm³/mol. The van der Waals surface area contributed by atoms with Crippen molar-refractivity contribution >= 4 is 21.5 Å². The summed E-state index contributed by atoms with van der Waals surface area (Å²) in [5.74, 6) is 0.462. The fraction of sp³-hybridized carbons (Fsp3) is 0.263. The summed E-state index contributed by atoms with van der Waals surface area (Å²) in [5.41, 5.74) is 3.77. The third-order valence-corrected chi connectivity index (χ3v) is 5.22. The first-order chi connectivity index (χ1) is 12.3. The Morgan fingerprint density at radius 1 is 1.04 bits per heavy atom. The van der Waals surface area contributed by atoms with Crippen molar-refractivity contribution < 1.29 is 8.42 Å². The van der Waals surface area contributed by atoms with E-state index in [1.165, 1.54) is 11.9 Å². The highest BCUT2D eigenvalue weighted by atomic mass is 32.2. The third kappa shape index (κ3) is 3.77. The minimum absolute atomic E-state index is 0.281. The van der Waals surface area contributed by atoms with Crippen LogP contribution in [-0.2, 0) is 9.84 Å². The summed E-state index contributed by atoms with van der Waals surface area (Å²) < 4.78 is 25.3. The lowest BCUT2D eigenvalue weighted by Gasteiger charge is -2.15. The fourth-order valence-corrected chi connectivity index (χ4v) is 3.55. The normalized spacial score (nSPS) is 11.7. The van der Waals surface area contributed by atoms with Gasteiger partial charge in [0.05, 0.1) is 16.3 Å². The molecule has 1 N–H and O–H groups in total.